The minimum atomic E-state index is -0.217. The van der Waals surface area contributed by atoms with Crippen molar-refractivity contribution in [1.29, 1.82) is 0 Å². The molecule has 0 aliphatic carbocycles. The smallest absolute Gasteiger partial charge is 0.235 e. The van der Waals surface area contributed by atoms with Crippen LogP contribution in [-0.2, 0) is 17.8 Å². The molecule has 1 aliphatic rings. The second kappa shape index (κ2) is 7.75. The third-order valence-electron chi connectivity index (χ3n) is 5.31. The van der Waals surface area contributed by atoms with Gasteiger partial charge in [0, 0.05) is 31.4 Å². The van der Waals surface area contributed by atoms with Gasteiger partial charge in [-0.1, -0.05) is 11.8 Å². The summed E-state index contributed by atoms with van der Waals surface area (Å²) >= 11 is 1.44. The third kappa shape index (κ3) is 3.45. The number of aromatic nitrogens is 5. The Kier molecular flexibility index (Phi) is 5.27. The zero-order chi connectivity index (χ0) is 21.6. The highest BCUT2D eigenvalue weighted by Crippen LogP contribution is 2.37. The SMILES string of the molecule is COc1c(C)cnc(Cn2nc3c4c(nc(N)nc42)SC(C(=O)N(C)C)CC3)c1C. The monoisotopic (exact) mass is 427 g/mol. The van der Waals surface area contributed by atoms with Crippen LogP contribution in [0.2, 0.25) is 0 Å². The quantitative estimate of drug-likeness (QED) is 0.629. The van der Waals surface area contributed by atoms with E-state index in [-0.39, 0.29) is 17.1 Å². The summed E-state index contributed by atoms with van der Waals surface area (Å²) < 4.78 is 7.36. The zero-order valence-electron chi connectivity index (χ0n) is 17.8. The molecule has 0 radical (unpaired) electrons. The first kappa shape index (κ1) is 20.4. The Morgan fingerprint density at radius 3 is 2.83 bits per heavy atom. The number of carbonyl (C=O) groups excluding carboxylic acids is 1. The van der Waals surface area contributed by atoms with E-state index in [2.05, 4.69) is 15.0 Å². The van der Waals surface area contributed by atoms with Gasteiger partial charge in [0.05, 0.1) is 35.7 Å². The molecule has 10 heteroatoms. The summed E-state index contributed by atoms with van der Waals surface area (Å²) in [4.78, 5) is 27.6. The van der Waals surface area contributed by atoms with E-state index in [1.807, 2.05) is 18.5 Å². The fourth-order valence-corrected chi connectivity index (χ4v) is 5.08. The van der Waals surface area contributed by atoms with Crippen molar-refractivity contribution < 1.29 is 9.53 Å². The number of nitrogen functional groups attached to an aromatic ring is 1. The predicted octanol–water partition coefficient (Wildman–Crippen LogP) is 1.97. The van der Waals surface area contributed by atoms with Gasteiger partial charge in [-0.25, -0.2) is 9.67 Å². The number of carbonyl (C=O) groups is 1. The van der Waals surface area contributed by atoms with Crippen molar-refractivity contribution in [3.8, 4) is 5.75 Å². The molecular formula is C20H25N7O2S. The van der Waals surface area contributed by atoms with Crippen LogP contribution in [-0.4, -0.2) is 62.0 Å². The molecule has 30 heavy (non-hydrogen) atoms. The molecular weight excluding hydrogens is 402 g/mol. The molecule has 0 aromatic carbocycles. The van der Waals surface area contributed by atoms with Crippen molar-refractivity contribution in [3.63, 3.8) is 0 Å². The van der Waals surface area contributed by atoms with Crippen LogP contribution in [0.25, 0.3) is 11.0 Å². The molecule has 3 aromatic heterocycles. The number of anilines is 1. The standard InChI is InChI=1S/C20H25N7O2S/c1-10-8-22-13(11(2)16(10)29-5)9-27-17-15-12(25-27)6-7-14(19(28)26(3)4)30-18(15)24-20(21)23-17/h8,14H,6-7,9H2,1-5H3,(H2,21,23,24). The average molecular weight is 428 g/mol. The molecule has 3 aromatic rings. The number of nitrogens with zero attached hydrogens (tertiary/aromatic N) is 6. The average Bonchev–Trinajstić information content (AvgIpc) is 2.93. The second-order valence-electron chi connectivity index (χ2n) is 7.61. The van der Waals surface area contributed by atoms with Gasteiger partial charge >= 0.3 is 0 Å². The van der Waals surface area contributed by atoms with Crippen LogP contribution in [0.3, 0.4) is 0 Å². The van der Waals surface area contributed by atoms with Crippen LogP contribution in [0, 0.1) is 13.8 Å². The van der Waals surface area contributed by atoms with Crippen molar-refractivity contribution >= 4 is 34.7 Å². The molecule has 2 N–H and O–H groups in total. The lowest BCUT2D eigenvalue weighted by atomic mass is 10.1. The molecule has 4 rings (SSSR count). The zero-order valence-corrected chi connectivity index (χ0v) is 18.6. The Morgan fingerprint density at radius 2 is 2.13 bits per heavy atom. The third-order valence-corrected chi connectivity index (χ3v) is 6.55. The van der Waals surface area contributed by atoms with Crippen molar-refractivity contribution in [2.24, 2.45) is 0 Å². The first-order chi connectivity index (χ1) is 14.3. The number of rotatable bonds is 4. The Bertz CT molecular complexity index is 1140. The maximum absolute atomic E-state index is 12.5. The van der Waals surface area contributed by atoms with E-state index < -0.39 is 0 Å². The number of hydrogen-bond donors (Lipinski definition) is 1. The summed E-state index contributed by atoms with van der Waals surface area (Å²) in [5.41, 5.74) is 10.4. The summed E-state index contributed by atoms with van der Waals surface area (Å²) in [5.74, 6) is 1.06. The molecule has 4 heterocycles. The van der Waals surface area contributed by atoms with Gasteiger partial charge in [0.15, 0.2) is 5.65 Å². The highest BCUT2D eigenvalue weighted by molar-refractivity contribution is 8.00. The first-order valence-electron chi connectivity index (χ1n) is 9.70. The normalized spacial score (nSPS) is 15.8. The van der Waals surface area contributed by atoms with Gasteiger partial charge in [-0.3, -0.25) is 9.78 Å². The number of pyridine rings is 1. The van der Waals surface area contributed by atoms with E-state index in [1.165, 1.54) is 11.8 Å². The summed E-state index contributed by atoms with van der Waals surface area (Å²) in [5, 5.41) is 6.18. The molecule has 1 atom stereocenters. The number of ether oxygens (including phenoxy) is 1. The lowest BCUT2D eigenvalue weighted by Crippen LogP contribution is -2.31. The number of hydrogen-bond acceptors (Lipinski definition) is 8. The number of nitrogens with two attached hydrogens (primary N) is 1. The van der Waals surface area contributed by atoms with Gasteiger partial charge in [-0.05, 0) is 26.7 Å². The minimum Gasteiger partial charge on any atom is -0.496 e. The molecule has 0 fully saturated rings. The highest BCUT2D eigenvalue weighted by atomic mass is 32.2. The van der Waals surface area contributed by atoms with Gasteiger partial charge < -0.3 is 15.4 Å². The van der Waals surface area contributed by atoms with Crippen molar-refractivity contribution in [1.82, 2.24) is 29.6 Å². The van der Waals surface area contributed by atoms with Crippen LogP contribution in [0.15, 0.2) is 11.2 Å². The Labute approximate surface area is 179 Å². The van der Waals surface area contributed by atoms with E-state index in [0.717, 1.165) is 33.7 Å². The van der Waals surface area contributed by atoms with E-state index in [0.29, 0.717) is 30.1 Å². The number of aryl methyl sites for hydroxylation is 2. The molecule has 0 saturated heterocycles. The maximum Gasteiger partial charge on any atom is 0.235 e. The topological polar surface area (TPSA) is 112 Å². The van der Waals surface area contributed by atoms with E-state index in [9.17, 15) is 4.79 Å². The lowest BCUT2D eigenvalue weighted by Gasteiger charge is -2.18. The number of thioether (sulfide) groups is 1. The first-order valence-corrected chi connectivity index (χ1v) is 10.6. The van der Waals surface area contributed by atoms with Crippen molar-refractivity contribution in [3.05, 3.63) is 28.7 Å². The summed E-state index contributed by atoms with van der Waals surface area (Å²) in [6.45, 7) is 4.41. The Morgan fingerprint density at radius 1 is 1.37 bits per heavy atom. The molecule has 158 valence electrons. The van der Waals surface area contributed by atoms with Crippen LogP contribution in [0.5, 0.6) is 5.75 Å². The van der Waals surface area contributed by atoms with Crippen LogP contribution in [0.1, 0.15) is 28.9 Å². The minimum absolute atomic E-state index is 0.0648. The van der Waals surface area contributed by atoms with Gasteiger partial charge in [0.25, 0.3) is 0 Å². The van der Waals surface area contributed by atoms with Crippen LogP contribution in [0.4, 0.5) is 5.95 Å². The van der Waals surface area contributed by atoms with Gasteiger partial charge in [-0.15, -0.1) is 0 Å². The lowest BCUT2D eigenvalue weighted by molar-refractivity contribution is -0.128. The molecule has 1 unspecified atom stereocenters. The maximum atomic E-state index is 12.5. The molecule has 0 spiro atoms. The van der Waals surface area contributed by atoms with E-state index >= 15 is 0 Å². The Balaban J connectivity index is 1.78. The summed E-state index contributed by atoms with van der Waals surface area (Å²) in [6, 6.07) is 0. The van der Waals surface area contributed by atoms with Gasteiger partial charge in [0.2, 0.25) is 11.9 Å². The van der Waals surface area contributed by atoms with Crippen LogP contribution >= 0.6 is 11.8 Å². The van der Waals surface area contributed by atoms with Crippen LogP contribution < -0.4 is 10.5 Å². The number of amides is 1. The van der Waals surface area contributed by atoms with E-state index in [1.54, 1.807) is 32.3 Å². The van der Waals surface area contributed by atoms with E-state index in [4.69, 9.17) is 15.6 Å². The molecule has 0 saturated carbocycles. The fraction of sp³-hybridized carbons (Fsp3) is 0.450. The second-order valence-corrected chi connectivity index (χ2v) is 8.81. The van der Waals surface area contributed by atoms with Crippen molar-refractivity contribution in [2.75, 3.05) is 26.9 Å². The van der Waals surface area contributed by atoms with Gasteiger partial charge in [-0.2, -0.15) is 10.1 Å². The summed E-state index contributed by atoms with van der Waals surface area (Å²) in [6.07, 6.45) is 3.16. The molecule has 9 nitrogen and oxygen atoms in total. The molecule has 1 aliphatic heterocycles. The van der Waals surface area contributed by atoms with Gasteiger partial charge in [0.1, 0.15) is 10.8 Å². The summed E-state index contributed by atoms with van der Waals surface area (Å²) in [7, 11) is 5.19. The molecule has 1 amide bonds. The Hall–Kier alpha value is -2.88. The fourth-order valence-electron chi connectivity index (χ4n) is 3.79. The predicted molar refractivity (Wildman–Crippen MR) is 116 cm³/mol. The molecule has 0 bridgehead atoms. The number of methoxy groups -OCH3 is 1. The van der Waals surface area contributed by atoms with Crippen molar-refractivity contribution in [2.45, 2.75) is 43.5 Å². The largest absolute Gasteiger partial charge is 0.496 e. The highest BCUT2D eigenvalue weighted by Gasteiger charge is 2.30.